The summed E-state index contributed by atoms with van der Waals surface area (Å²) in [6.07, 6.45) is 24.2. The molecule has 4 aliphatic rings. The van der Waals surface area contributed by atoms with Gasteiger partial charge in [-0.1, -0.05) is 93.3 Å². The normalized spacial score (nSPS) is 19.6. The van der Waals surface area contributed by atoms with E-state index < -0.39 is 0 Å². The van der Waals surface area contributed by atoms with Crippen molar-refractivity contribution in [3.05, 3.63) is 89.2 Å². The van der Waals surface area contributed by atoms with Gasteiger partial charge in [-0.3, -0.25) is 0 Å². The molecule has 1 aliphatic heterocycles. The number of ether oxygens (including phenoxy) is 2. The highest BCUT2D eigenvalue weighted by atomic mass is 35.5. The molecule has 15 heteroatoms. The first-order valence-electron chi connectivity index (χ1n) is 25.5. The molecule has 0 amide bonds. The smallest absolute Gasteiger partial charge is 0.233 e. The summed E-state index contributed by atoms with van der Waals surface area (Å²) in [6, 6.07) is 25.5. The number of benzene rings is 3. The molecule has 4 fully saturated rings. The minimum absolute atomic E-state index is 0.383. The van der Waals surface area contributed by atoms with E-state index in [0.717, 1.165) is 61.2 Å². The summed E-state index contributed by atoms with van der Waals surface area (Å²) in [7, 11) is 3.28. The summed E-state index contributed by atoms with van der Waals surface area (Å²) in [4.78, 5) is 28.5. The van der Waals surface area contributed by atoms with E-state index in [2.05, 4.69) is 72.2 Å². The maximum atomic E-state index is 6.36. The van der Waals surface area contributed by atoms with E-state index in [1.165, 1.54) is 115 Å². The first kappa shape index (κ1) is 49.0. The average molecular weight is 946 g/mol. The van der Waals surface area contributed by atoms with Crippen molar-refractivity contribution >= 4 is 52.7 Å². The monoisotopic (exact) mass is 945 g/mol. The lowest BCUT2D eigenvalue weighted by molar-refractivity contribution is 0.269. The van der Waals surface area contributed by atoms with E-state index >= 15 is 0 Å². The van der Waals surface area contributed by atoms with Gasteiger partial charge in [-0.25, -0.2) is 0 Å². The van der Waals surface area contributed by atoms with Gasteiger partial charge in [-0.15, -0.1) is 0 Å². The maximum absolute atomic E-state index is 6.36. The first-order chi connectivity index (χ1) is 33.4. The zero-order valence-corrected chi connectivity index (χ0v) is 41.0. The zero-order valence-electron chi connectivity index (χ0n) is 40.2. The molecular weight excluding hydrogens is 872 g/mol. The summed E-state index contributed by atoms with van der Waals surface area (Å²) < 4.78 is 10.5. The molecule has 68 heavy (non-hydrogen) atoms. The topological polar surface area (TPSA) is 168 Å². The van der Waals surface area contributed by atoms with Crippen LogP contribution in [0.1, 0.15) is 127 Å². The molecule has 3 aliphatic carbocycles. The number of anilines is 7. The summed E-state index contributed by atoms with van der Waals surface area (Å²) in [6.45, 7) is 2.04. The molecule has 0 unspecified atom stereocenters. The van der Waals surface area contributed by atoms with Crippen molar-refractivity contribution in [2.24, 2.45) is 11.8 Å². The van der Waals surface area contributed by atoms with Crippen molar-refractivity contribution in [1.82, 2.24) is 35.2 Å². The molecule has 0 spiro atoms. The van der Waals surface area contributed by atoms with Crippen LogP contribution in [0.3, 0.4) is 0 Å². The predicted molar refractivity (Wildman–Crippen MR) is 276 cm³/mol. The minimum Gasteiger partial charge on any atom is -0.497 e. The number of piperidine rings is 1. The van der Waals surface area contributed by atoms with Gasteiger partial charge in [-0.2, -0.15) is 29.9 Å². The Labute approximate surface area is 408 Å². The fourth-order valence-corrected chi connectivity index (χ4v) is 10.3. The fourth-order valence-electron chi connectivity index (χ4n) is 10.1. The summed E-state index contributed by atoms with van der Waals surface area (Å²) in [5.74, 6) is 6.77. The van der Waals surface area contributed by atoms with Crippen LogP contribution in [-0.4, -0.2) is 75.3 Å². The summed E-state index contributed by atoms with van der Waals surface area (Å²) in [5.41, 5.74) is 3.20. The second kappa shape index (κ2) is 25.8. The van der Waals surface area contributed by atoms with Crippen LogP contribution in [-0.2, 0) is 12.8 Å². The maximum Gasteiger partial charge on any atom is 0.233 e. The van der Waals surface area contributed by atoms with E-state index in [4.69, 9.17) is 41.0 Å². The number of nitrogens with zero attached hydrogens (tertiary/aromatic N) is 6. The van der Waals surface area contributed by atoms with Crippen LogP contribution in [0, 0.1) is 11.8 Å². The largest absolute Gasteiger partial charge is 0.497 e. The van der Waals surface area contributed by atoms with Crippen LogP contribution in [0.15, 0.2) is 72.8 Å². The Morgan fingerprint density at radius 2 is 0.985 bits per heavy atom. The quantitative estimate of drug-likeness (QED) is 0.0517. The van der Waals surface area contributed by atoms with Crippen molar-refractivity contribution in [1.29, 1.82) is 0 Å². The molecule has 2 aromatic heterocycles. The minimum atomic E-state index is 0.383. The Morgan fingerprint density at radius 3 is 1.54 bits per heavy atom. The van der Waals surface area contributed by atoms with Crippen molar-refractivity contribution in [2.75, 3.05) is 53.9 Å². The van der Waals surface area contributed by atoms with Crippen LogP contribution < -0.4 is 41.4 Å². The Balaban J connectivity index is 0.000000189. The SMILES string of the molecule is COc1ccc(Nc2nc(CC3CCC(Cc4ccccc4)CC3)nc(NC3CCCCCC3)n2)cc1Cl.COc1ccc(Nc2nc(NC3CCCCCC3)nc(NC3CCNCC3)n2)cc1. The highest BCUT2D eigenvalue weighted by Gasteiger charge is 2.24. The Hall–Kier alpha value is -5.47. The van der Waals surface area contributed by atoms with Gasteiger partial charge in [0.15, 0.2) is 0 Å². The van der Waals surface area contributed by atoms with Gasteiger partial charge >= 0.3 is 0 Å². The molecule has 0 radical (unpaired) electrons. The van der Waals surface area contributed by atoms with E-state index in [1.807, 2.05) is 42.5 Å². The second-order valence-corrected chi connectivity index (χ2v) is 19.6. The number of hydrogen-bond acceptors (Lipinski definition) is 14. The summed E-state index contributed by atoms with van der Waals surface area (Å²) in [5, 5.41) is 21.3. The van der Waals surface area contributed by atoms with Gasteiger partial charge in [0.25, 0.3) is 0 Å². The van der Waals surface area contributed by atoms with Crippen molar-refractivity contribution in [3.8, 4) is 11.5 Å². The molecule has 364 valence electrons. The number of hydrogen-bond donors (Lipinski definition) is 6. The molecule has 0 bridgehead atoms. The number of methoxy groups -OCH3 is 2. The molecular formula is C53H73ClN12O2. The van der Waals surface area contributed by atoms with Crippen LogP contribution in [0.2, 0.25) is 5.02 Å². The van der Waals surface area contributed by atoms with Crippen LogP contribution in [0.25, 0.3) is 0 Å². The van der Waals surface area contributed by atoms with Gasteiger partial charge in [0.05, 0.1) is 19.2 Å². The van der Waals surface area contributed by atoms with Gasteiger partial charge < -0.3 is 41.4 Å². The highest BCUT2D eigenvalue weighted by Crippen LogP contribution is 2.34. The van der Waals surface area contributed by atoms with Crippen molar-refractivity contribution in [3.63, 3.8) is 0 Å². The zero-order chi connectivity index (χ0) is 46.8. The third-order valence-electron chi connectivity index (χ3n) is 13.9. The number of aromatic nitrogens is 6. The Morgan fingerprint density at radius 1 is 0.500 bits per heavy atom. The number of rotatable bonds is 16. The van der Waals surface area contributed by atoms with Crippen LogP contribution in [0.4, 0.5) is 41.1 Å². The van der Waals surface area contributed by atoms with Gasteiger partial charge in [0.2, 0.25) is 29.7 Å². The number of halogens is 1. The molecule has 1 saturated heterocycles. The third kappa shape index (κ3) is 15.5. The van der Waals surface area contributed by atoms with Crippen molar-refractivity contribution in [2.45, 2.75) is 147 Å². The molecule has 9 rings (SSSR count). The van der Waals surface area contributed by atoms with Gasteiger partial charge in [0, 0.05) is 35.9 Å². The van der Waals surface area contributed by atoms with Gasteiger partial charge in [0.1, 0.15) is 17.3 Å². The summed E-state index contributed by atoms with van der Waals surface area (Å²) >= 11 is 6.36. The van der Waals surface area contributed by atoms with Crippen molar-refractivity contribution < 1.29 is 9.47 Å². The van der Waals surface area contributed by atoms with E-state index in [1.54, 1.807) is 14.2 Å². The van der Waals surface area contributed by atoms with Gasteiger partial charge in [-0.05, 0) is 144 Å². The lowest BCUT2D eigenvalue weighted by atomic mass is 9.78. The molecule has 5 aromatic rings. The molecule has 0 atom stereocenters. The van der Waals surface area contributed by atoms with Crippen LogP contribution >= 0.6 is 11.6 Å². The lowest BCUT2D eigenvalue weighted by Crippen LogP contribution is -2.36. The molecule has 3 heterocycles. The fraction of sp³-hybridized carbons (Fsp3) is 0.547. The first-order valence-corrected chi connectivity index (χ1v) is 25.9. The standard InChI is InChI=1S/C31H40ClN5O.C22H33N7O/c1-38-28-18-17-26(21-27(28)32)34-31-36-29(35-30(37-31)33-25-11-7-2-3-8-12-25)20-24-15-13-23(14-16-24)19-22-9-5-4-6-10-22;1-30-19-10-8-17(9-11-19)25-21-27-20(24-16-6-4-2-3-5-7-16)28-22(29-21)26-18-12-14-23-15-13-18/h4-6,9-10,17-18,21,23-25H,2-3,7-8,11-16,19-20H2,1H3,(H2,33,34,35,36,37);8-11,16,18,23H,2-7,12-15H2,1H3,(H3,24,25,26,27,28,29). The molecule has 3 aromatic carbocycles. The van der Waals surface area contributed by atoms with E-state index in [9.17, 15) is 0 Å². The van der Waals surface area contributed by atoms with Crippen LogP contribution in [0.5, 0.6) is 11.5 Å². The van der Waals surface area contributed by atoms with E-state index in [-0.39, 0.29) is 0 Å². The Kier molecular flexibility index (Phi) is 18.6. The molecule has 6 N–H and O–H groups in total. The lowest BCUT2D eigenvalue weighted by Gasteiger charge is -2.28. The molecule has 14 nitrogen and oxygen atoms in total. The van der Waals surface area contributed by atoms with E-state index in [0.29, 0.717) is 64.6 Å². The highest BCUT2D eigenvalue weighted by molar-refractivity contribution is 6.32. The predicted octanol–water partition coefficient (Wildman–Crippen LogP) is 11.9. The third-order valence-corrected chi connectivity index (χ3v) is 14.2. The number of nitrogens with one attached hydrogen (secondary N) is 6. The Bertz CT molecular complexity index is 2260. The molecule has 3 saturated carbocycles. The average Bonchev–Trinajstić information content (AvgIpc) is 3.78. The second-order valence-electron chi connectivity index (χ2n) is 19.1.